The van der Waals surface area contributed by atoms with E-state index in [2.05, 4.69) is 10.3 Å². The summed E-state index contributed by atoms with van der Waals surface area (Å²) in [5, 5.41) is 3.03. The van der Waals surface area contributed by atoms with Crippen molar-refractivity contribution in [2.75, 3.05) is 30.4 Å². The molecule has 0 radical (unpaired) electrons. The highest BCUT2D eigenvalue weighted by Crippen LogP contribution is 2.37. The number of anilines is 2. The summed E-state index contributed by atoms with van der Waals surface area (Å²) in [6.07, 6.45) is 0. The number of thiazole rings is 1. The van der Waals surface area contributed by atoms with Crippen LogP contribution in [0.15, 0.2) is 42.5 Å². The molecule has 0 saturated carbocycles. The summed E-state index contributed by atoms with van der Waals surface area (Å²) in [7, 11) is 1.69. The lowest BCUT2D eigenvalue weighted by atomic mass is 10.1. The highest BCUT2D eigenvalue weighted by molar-refractivity contribution is 7.16. The van der Waals surface area contributed by atoms with Gasteiger partial charge in [-0.05, 0) is 37.3 Å². The van der Waals surface area contributed by atoms with Crippen LogP contribution in [-0.2, 0) is 9.59 Å². The molecule has 5 rings (SSSR count). The average Bonchev–Trinajstić information content (AvgIpc) is 3.28. The van der Waals surface area contributed by atoms with Crippen LogP contribution < -0.4 is 15.0 Å². The molecule has 9 nitrogen and oxygen atoms in total. The molecule has 2 aromatic carbocycles. The van der Waals surface area contributed by atoms with Crippen molar-refractivity contribution >= 4 is 45.8 Å². The van der Waals surface area contributed by atoms with E-state index in [4.69, 9.17) is 4.74 Å². The van der Waals surface area contributed by atoms with Crippen molar-refractivity contribution in [1.29, 1.82) is 0 Å². The number of aromatic nitrogens is 1. The topological polar surface area (TPSA) is 109 Å². The largest absolute Gasteiger partial charge is 0.482 e. The Hall–Kier alpha value is -4.05. The van der Waals surface area contributed by atoms with Crippen molar-refractivity contribution in [1.82, 2.24) is 9.88 Å². The summed E-state index contributed by atoms with van der Waals surface area (Å²) in [6.45, 7) is 1.48. The molecular weight excluding hydrogens is 444 g/mol. The summed E-state index contributed by atoms with van der Waals surface area (Å²) in [4.78, 5) is 57.3. The van der Waals surface area contributed by atoms with Gasteiger partial charge in [-0.2, -0.15) is 0 Å². The summed E-state index contributed by atoms with van der Waals surface area (Å²) in [5.41, 5.74) is 2.66. The van der Waals surface area contributed by atoms with Gasteiger partial charge in [0.2, 0.25) is 5.91 Å². The molecule has 0 unspecified atom stereocenters. The fourth-order valence-corrected chi connectivity index (χ4v) is 4.67. The maximum atomic E-state index is 12.6. The van der Waals surface area contributed by atoms with Gasteiger partial charge < -0.3 is 15.0 Å². The molecule has 0 bridgehead atoms. The molecule has 10 heteroatoms. The van der Waals surface area contributed by atoms with Crippen molar-refractivity contribution in [2.45, 2.75) is 6.92 Å². The lowest BCUT2D eigenvalue weighted by molar-refractivity contribution is -0.121. The summed E-state index contributed by atoms with van der Waals surface area (Å²) >= 11 is 1.28. The normalized spacial score (nSPS) is 14.8. The maximum absolute atomic E-state index is 12.6. The van der Waals surface area contributed by atoms with Gasteiger partial charge in [-0.25, -0.2) is 4.98 Å². The number of fused-ring (bicyclic) bond motifs is 2. The van der Waals surface area contributed by atoms with Crippen molar-refractivity contribution in [3.05, 3.63) is 58.5 Å². The van der Waals surface area contributed by atoms with E-state index in [-0.39, 0.29) is 12.5 Å². The third-order valence-electron chi connectivity index (χ3n) is 5.54. The number of carbonyl (C=O) groups excluding carboxylic acids is 4. The van der Waals surface area contributed by atoms with E-state index < -0.39 is 24.3 Å². The molecule has 0 aliphatic carbocycles. The zero-order chi connectivity index (χ0) is 23.3. The minimum Gasteiger partial charge on any atom is -0.482 e. The summed E-state index contributed by atoms with van der Waals surface area (Å²) < 4.78 is 5.46. The van der Waals surface area contributed by atoms with E-state index in [1.54, 1.807) is 37.4 Å². The Labute approximate surface area is 192 Å². The Balaban J connectivity index is 1.33. The van der Waals surface area contributed by atoms with Crippen LogP contribution in [0.4, 0.5) is 10.8 Å². The predicted octanol–water partition coefficient (Wildman–Crippen LogP) is 2.71. The molecule has 0 fully saturated rings. The van der Waals surface area contributed by atoms with Gasteiger partial charge in [-0.3, -0.25) is 24.1 Å². The lowest BCUT2D eigenvalue weighted by Gasteiger charge is -2.26. The SMILES string of the molecule is Cc1sc(NC(=O)CN2C(=O)c3ccccc3C2=O)nc1-c1ccc2c(c1)N(C)C(=O)CO2. The third-order valence-corrected chi connectivity index (χ3v) is 6.43. The minimum absolute atomic E-state index is 0.00185. The second-order valence-corrected chi connectivity index (χ2v) is 8.84. The van der Waals surface area contributed by atoms with Crippen LogP contribution in [0.25, 0.3) is 11.3 Å². The average molecular weight is 462 g/mol. The number of nitrogens with one attached hydrogen (secondary N) is 1. The standard InChI is InChI=1S/C23H18N4O5S/c1-12-20(13-7-8-17-16(9-13)26(2)19(29)11-32-17)25-23(33-12)24-18(28)10-27-21(30)14-5-3-4-6-15(14)22(27)31/h3-9H,10-11H2,1-2H3,(H,24,25,28). The van der Waals surface area contributed by atoms with Crippen molar-refractivity contribution in [2.24, 2.45) is 0 Å². The smallest absolute Gasteiger partial charge is 0.264 e. The predicted molar refractivity (Wildman–Crippen MR) is 122 cm³/mol. The number of ether oxygens (including phenoxy) is 1. The highest BCUT2D eigenvalue weighted by atomic mass is 32.1. The van der Waals surface area contributed by atoms with Crippen molar-refractivity contribution in [3.63, 3.8) is 0 Å². The molecule has 0 saturated heterocycles. The van der Waals surface area contributed by atoms with E-state index in [0.717, 1.165) is 15.3 Å². The van der Waals surface area contributed by atoms with Gasteiger partial charge in [-0.15, -0.1) is 11.3 Å². The molecule has 1 N–H and O–H groups in total. The molecule has 0 atom stereocenters. The van der Waals surface area contributed by atoms with Gasteiger partial charge in [0.1, 0.15) is 12.3 Å². The molecule has 0 spiro atoms. The fraction of sp³-hybridized carbons (Fsp3) is 0.174. The van der Waals surface area contributed by atoms with Gasteiger partial charge in [0, 0.05) is 17.5 Å². The van der Waals surface area contributed by atoms with Crippen LogP contribution in [0.2, 0.25) is 0 Å². The van der Waals surface area contributed by atoms with E-state index in [1.807, 2.05) is 19.1 Å². The third kappa shape index (κ3) is 3.54. The van der Waals surface area contributed by atoms with Gasteiger partial charge in [0.25, 0.3) is 17.7 Å². The summed E-state index contributed by atoms with van der Waals surface area (Å²) in [6, 6.07) is 11.9. The molecule has 4 amide bonds. The molecular formula is C23H18N4O5S. The lowest BCUT2D eigenvalue weighted by Crippen LogP contribution is -2.37. The van der Waals surface area contributed by atoms with Crippen molar-refractivity contribution < 1.29 is 23.9 Å². The van der Waals surface area contributed by atoms with Crippen LogP contribution in [0.5, 0.6) is 5.75 Å². The fourth-order valence-electron chi connectivity index (χ4n) is 3.82. The van der Waals surface area contributed by atoms with Crippen LogP contribution in [0.1, 0.15) is 25.6 Å². The first-order chi connectivity index (χ1) is 15.8. The zero-order valence-corrected chi connectivity index (χ0v) is 18.6. The first-order valence-corrected chi connectivity index (χ1v) is 10.9. The highest BCUT2D eigenvalue weighted by Gasteiger charge is 2.36. The number of hydrogen-bond donors (Lipinski definition) is 1. The Bertz CT molecular complexity index is 1310. The molecule has 3 aromatic rings. The van der Waals surface area contributed by atoms with E-state index in [9.17, 15) is 19.2 Å². The molecule has 3 heterocycles. The number of imide groups is 1. The number of amides is 4. The Morgan fingerprint density at radius 3 is 2.52 bits per heavy atom. The Morgan fingerprint density at radius 1 is 1.12 bits per heavy atom. The number of likely N-dealkylation sites (N-methyl/N-ethyl adjacent to an activating group) is 1. The Kier molecular flexibility index (Phi) is 4.94. The van der Waals surface area contributed by atoms with Crippen LogP contribution in [-0.4, -0.2) is 53.7 Å². The van der Waals surface area contributed by atoms with E-state index in [0.29, 0.717) is 33.4 Å². The number of hydrogen-bond acceptors (Lipinski definition) is 7. The molecule has 33 heavy (non-hydrogen) atoms. The molecule has 166 valence electrons. The first kappa shape index (κ1) is 20.8. The van der Waals surface area contributed by atoms with Gasteiger partial charge >= 0.3 is 0 Å². The monoisotopic (exact) mass is 462 g/mol. The van der Waals surface area contributed by atoms with Crippen LogP contribution in [0.3, 0.4) is 0 Å². The van der Waals surface area contributed by atoms with Crippen molar-refractivity contribution in [3.8, 4) is 17.0 Å². The van der Waals surface area contributed by atoms with Crippen LogP contribution >= 0.6 is 11.3 Å². The zero-order valence-electron chi connectivity index (χ0n) is 17.7. The number of aryl methyl sites for hydroxylation is 1. The molecule has 2 aliphatic rings. The summed E-state index contributed by atoms with van der Waals surface area (Å²) in [5.74, 6) is -1.03. The number of carbonyl (C=O) groups is 4. The molecule has 1 aromatic heterocycles. The quantitative estimate of drug-likeness (QED) is 0.597. The van der Waals surface area contributed by atoms with Gasteiger partial charge in [-0.1, -0.05) is 12.1 Å². The second kappa shape index (κ2) is 7.82. The minimum atomic E-state index is -0.519. The van der Waals surface area contributed by atoms with E-state index >= 15 is 0 Å². The molecule has 2 aliphatic heterocycles. The maximum Gasteiger partial charge on any atom is 0.264 e. The van der Waals surface area contributed by atoms with E-state index in [1.165, 1.54) is 16.2 Å². The van der Waals surface area contributed by atoms with Gasteiger partial charge in [0.05, 0.1) is 22.5 Å². The van der Waals surface area contributed by atoms with Gasteiger partial charge in [0.15, 0.2) is 11.7 Å². The second-order valence-electron chi connectivity index (χ2n) is 7.64. The first-order valence-electron chi connectivity index (χ1n) is 10.1. The van der Waals surface area contributed by atoms with Crippen LogP contribution in [0, 0.1) is 6.92 Å². The number of nitrogens with zero attached hydrogens (tertiary/aromatic N) is 3. The number of rotatable bonds is 4. The number of benzene rings is 2. The Morgan fingerprint density at radius 2 is 1.82 bits per heavy atom.